The molecule has 0 saturated carbocycles. The van der Waals surface area contributed by atoms with Gasteiger partial charge in [-0.15, -0.1) is 0 Å². The van der Waals surface area contributed by atoms with Crippen molar-refractivity contribution in [3.05, 3.63) is 23.3 Å². The number of fused-ring (bicyclic) bond motifs is 2. The number of hydrogen-bond acceptors (Lipinski definition) is 17. The highest BCUT2D eigenvalue weighted by atomic mass is 16.7. The maximum absolute atomic E-state index is 15.3. The summed E-state index contributed by atoms with van der Waals surface area (Å²) in [6.45, 7) is 15.7. The summed E-state index contributed by atoms with van der Waals surface area (Å²) in [4.78, 5) is 116. The highest BCUT2D eigenvalue weighted by Crippen LogP contribution is 2.42. The summed E-state index contributed by atoms with van der Waals surface area (Å²) < 4.78 is 17.6. The summed E-state index contributed by atoms with van der Waals surface area (Å²) >= 11 is 0. The zero-order valence-corrected chi connectivity index (χ0v) is 43.9. The van der Waals surface area contributed by atoms with Gasteiger partial charge in [-0.05, 0) is 103 Å². The molecule has 0 aromatic rings. The van der Waals surface area contributed by atoms with Gasteiger partial charge in [0.25, 0.3) is 29.5 Å². The second-order valence-electron chi connectivity index (χ2n) is 20.0. The first-order chi connectivity index (χ1) is 33.8. The summed E-state index contributed by atoms with van der Waals surface area (Å²) in [5.74, 6) is -11.9. The van der Waals surface area contributed by atoms with E-state index in [1.54, 1.807) is 32.9 Å². The highest BCUT2D eigenvalue weighted by Gasteiger charge is 2.59. The van der Waals surface area contributed by atoms with Gasteiger partial charge in [0.1, 0.15) is 30.3 Å². The van der Waals surface area contributed by atoms with Gasteiger partial charge in [0.05, 0.1) is 18.8 Å². The number of amides is 6. The Morgan fingerprint density at radius 2 is 1.54 bits per heavy atom. The van der Waals surface area contributed by atoms with Gasteiger partial charge in [-0.1, -0.05) is 46.8 Å². The molecule has 0 aromatic carbocycles. The lowest BCUT2D eigenvalue weighted by atomic mass is 9.78. The third kappa shape index (κ3) is 12.7. The van der Waals surface area contributed by atoms with Crippen LogP contribution in [0.5, 0.6) is 0 Å². The number of ketones is 1. The average molecular weight is 1020 g/mol. The van der Waals surface area contributed by atoms with Gasteiger partial charge in [-0.25, -0.2) is 20.7 Å². The number of Topliss-reactive ketones (excluding diaryl/α,β-unsaturated/α-hetero) is 1. The topological polar surface area (TPSA) is 306 Å². The summed E-state index contributed by atoms with van der Waals surface area (Å²) in [6, 6.07) is -9.80. The summed E-state index contributed by atoms with van der Waals surface area (Å²) in [5.41, 5.74) is 4.02. The van der Waals surface area contributed by atoms with E-state index in [4.69, 9.17) is 14.2 Å². The Morgan fingerprint density at radius 1 is 0.944 bits per heavy atom. The van der Waals surface area contributed by atoms with Gasteiger partial charge < -0.3 is 45.1 Å². The van der Waals surface area contributed by atoms with Crippen molar-refractivity contribution in [3.63, 3.8) is 0 Å². The molecule has 8 N–H and O–H groups in total. The van der Waals surface area contributed by atoms with Crippen molar-refractivity contribution < 1.29 is 73.1 Å². The van der Waals surface area contributed by atoms with E-state index < -0.39 is 132 Å². The molecule has 6 amide bonds. The van der Waals surface area contributed by atoms with Gasteiger partial charge >= 0.3 is 5.97 Å². The van der Waals surface area contributed by atoms with Crippen LogP contribution in [0, 0.1) is 17.8 Å². The van der Waals surface area contributed by atoms with E-state index >= 15 is 4.79 Å². The number of rotatable bonds is 13. The number of carbonyl (C=O) groups excluding carboxylic acids is 8. The van der Waals surface area contributed by atoms with Crippen molar-refractivity contribution in [2.45, 2.75) is 187 Å². The van der Waals surface area contributed by atoms with Crippen molar-refractivity contribution >= 4 is 47.2 Å². The smallest absolute Gasteiger partial charge is 0.331 e. The molecule has 406 valence electrons. The molecule has 0 spiro atoms. The lowest BCUT2D eigenvalue weighted by molar-refractivity contribution is -0.325. The number of allylic oxidation sites excluding steroid dienone is 3. The molecular weight excluding hydrogens is 941 g/mol. The molecule has 4 rings (SSSR count). The highest BCUT2D eigenvalue weighted by molar-refractivity contribution is 5.99. The Labute approximate surface area is 422 Å². The number of ether oxygens (including phenoxy) is 3. The SMILES string of the molecule is C/C=C(\C)C(=O)C(/C=C(\C)C1OC(O)(C(O)(CC)C(=O)NC2C(=O)N3NCCCC3C(=O)N(O)C(COC)C(=O)N(C)C(C)C(=O)N3NCCCC3C(=O)NC(C(C)O)C(=O)OC2C(C)C)CCC1C)CC. The number of likely N-dealkylation sites (N-methyl/N-ethyl adjacent to an activating group) is 1. The minimum atomic E-state index is -2.82. The van der Waals surface area contributed by atoms with Crippen LogP contribution >= 0.6 is 0 Å². The van der Waals surface area contributed by atoms with Gasteiger partial charge in [-0.3, -0.25) is 48.8 Å². The van der Waals surface area contributed by atoms with Crippen molar-refractivity contribution in [1.29, 1.82) is 0 Å². The molecule has 23 nitrogen and oxygen atoms in total. The Hall–Kier alpha value is -4.88. The number of nitrogens with zero attached hydrogens (tertiary/aromatic N) is 4. The first-order valence-corrected chi connectivity index (χ1v) is 25.2. The Morgan fingerprint density at radius 3 is 2.08 bits per heavy atom. The molecule has 72 heavy (non-hydrogen) atoms. The minimum Gasteiger partial charge on any atom is -0.458 e. The van der Waals surface area contributed by atoms with Crippen LogP contribution < -0.4 is 21.5 Å². The number of carbonyl (C=O) groups is 8. The average Bonchev–Trinajstić information content (AvgIpc) is 3.37. The summed E-state index contributed by atoms with van der Waals surface area (Å²) in [7, 11) is 2.48. The van der Waals surface area contributed by atoms with Crippen molar-refractivity contribution in [3.8, 4) is 0 Å². The Balaban J connectivity index is 1.88. The number of nitrogens with one attached hydrogen (secondary N) is 4. The van der Waals surface area contributed by atoms with Crippen LogP contribution in [0.15, 0.2) is 23.3 Å². The number of aliphatic hydroxyl groups is 3. The fourth-order valence-corrected chi connectivity index (χ4v) is 9.68. The first-order valence-electron chi connectivity index (χ1n) is 25.2. The molecule has 0 aromatic heterocycles. The van der Waals surface area contributed by atoms with Crippen LogP contribution in [0.1, 0.15) is 121 Å². The molecule has 0 aliphatic carbocycles. The van der Waals surface area contributed by atoms with Crippen LogP contribution in [0.4, 0.5) is 0 Å². The number of esters is 1. The van der Waals surface area contributed by atoms with E-state index in [0.717, 1.165) is 14.9 Å². The molecule has 0 bridgehead atoms. The van der Waals surface area contributed by atoms with Crippen LogP contribution in [-0.4, -0.2) is 188 Å². The van der Waals surface area contributed by atoms with Crippen LogP contribution in [0.3, 0.4) is 0 Å². The summed E-state index contributed by atoms with van der Waals surface area (Å²) in [6.07, 6.45) is -0.165. The van der Waals surface area contributed by atoms with Gasteiger partial charge in [0.15, 0.2) is 23.5 Å². The molecule has 0 radical (unpaired) electrons. The monoisotopic (exact) mass is 1020 g/mol. The zero-order valence-electron chi connectivity index (χ0n) is 43.9. The Bertz CT molecular complexity index is 2070. The fourth-order valence-electron chi connectivity index (χ4n) is 9.68. The zero-order chi connectivity index (χ0) is 54.2. The molecule has 13 atom stereocenters. The van der Waals surface area contributed by atoms with E-state index in [2.05, 4.69) is 21.5 Å². The number of hydrogen-bond donors (Lipinski definition) is 8. The molecule has 4 aliphatic rings. The minimum absolute atomic E-state index is 0.0795. The standard InChI is InChI=1S/C49H80N8O15/c1-13-27(6)38(59)32(14-2)24-29(8)40-28(7)20-21-49(68,72-40)48(67,15-3)47(66)53-37-39(26(4)5)71-46(65)36(31(10)58)52-41(60)33-18-16-22-50-55(33)42(61)30(9)54(11)43(62)35(25-70-12)57(69)44(63)34-19-17-23-51-56(34)45(37)64/h13,24,26,28,30-37,39-40,50-51,58,67-69H,14-23,25H2,1-12H3,(H,52,60)(H,53,66)/b27-13+,29-24+. The quantitative estimate of drug-likeness (QED) is 0.0527. The predicted octanol–water partition coefficient (Wildman–Crippen LogP) is 0.142. The molecule has 4 fully saturated rings. The van der Waals surface area contributed by atoms with Gasteiger partial charge in [0, 0.05) is 39.6 Å². The van der Waals surface area contributed by atoms with Crippen LogP contribution in [0.25, 0.3) is 0 Å². The number of aliphatic hydroxyl groups excluding tert-OH is 1. The lowest BCUT2D eigenvalue weighted by Crippen LogP contribution is -2.71. The van der Waals surface area contributed by atoms with E-state index in [0.29, 0.717) is 24.0 Å². The number of hydrazine groups is 2. The van der Waals surface area contributed by atoms with Gasteiger partial charge in [-0.2, -0.15) is 0 Å². The molecular formula is C49H80N8O15. The second kappa shape index (κ2) is 25.4. The summed E-state index contributed by atoms with van der Waals surface area (Å²) in [5, 5.41) is 54.5. The Kier molecular flexibility index (Phi) is 21.0. The number of cyclic esters (lactones) is 1. The fraction of sp³-hybridized carbons (Fsp3) is 0.755. The largest absolute Gasteiger partial charge is 0.458 e. The lowest BCUT2D eigenvalue weighted by Gasteiger charge is -2.49. The van der Waals surface area contributed by atoms with Crippen molar-refractivity contribution in [2.24, 2.45) is 17.8 Å². The van der Waals surface area contributed by atoms with Crippen LogP contribution in [0.2, 0.25) is 0 Å². The molecule has 23 heteroatoms. The van der Waals surface area contributed by atoms with E-state index in [1.165, 1.54) is 48.8 Å². The van der Waals surface area contributed by atoms with Crippen molar-refractivity contribution in [2.75, 3.05) is 33.9 Å². The predicted molar refractivity (Wildman–Crippen MR) is 258 cm³/mol. The number of hydroxylamine groups is 2. The molecule has 4 saturated heterocycles. The third-order valence-electron chi connectivity index (χ3n) is 14.6. The van der Waals surface area contributed by atoms with Crippen molar-refractivity contribution in [1.82, 2.24) is 41.5 Å². The third-order valence-corrected chi connectivity index (χ3v) is 14.6. The van der Waals surface area contributed by atoms with E-state index in [-0.39, 0.29) is 62.0 Å². The normalized spacial score (nSPS) is 32.1. The maximum Gasteiger partial charge on any atom is 0.331 e. The van der Waals surface area contributed by atoms with Crippen LogP contribution in [-0.2, 0) is 52.6 Å². The number of methoxy groups -OCH3 is 1. The molecule has 4 aliphatic heterocycles. The van der Waals surface area contributed by atoms with E-state index in [9.17, 15) is 54.1 Å². The molecule has 4 heterocycles. The second-order valence-corrected chi connectivity index (χ2v) is 20.0. The molecule has 13 unspecified atom stereocenters. The maximum atomic E-state index is 15.3. The van der Waals surface area contributed by atoms with Gasteiger partial charge in [0.2, 0.25) is 11.7 Å². The van der Waals surface area contributed by atoms with E-state index in [1.807, 2.05) is 13.8 Å². The first kappa shape index (κ1) is 59.7.